The molecule has 0 amide bonds. The molecule has 0 bridgehead atoms. The van der Waals surface area contributed by atoms with Crippen molar-refractivity contribution >= 4 is 11.5 Å². The van der Waals surface area contributed by atoms with Crippen molar-refractivity contribution in [2.24, 2.45) is 0 Å². The van der Waals surface area contributed by atoms with E-state index in [1.165, 1.54) is 5.56 Å². The van der Waals surface area contributed by atoms with Gasteiger partial charge >= 0.3 is 0 Å². The summed E-state index contributed by atoms with van der Waals surface area (Å²) in [5.41, 5.74) is 3.39. The van der Waals surface area contributed by atoms with Crippen LogP contribution in [0.1, 0.15) is 5.56 Å². The summed E-state index contributed by atoms with van der Waals surface area (Å²) in [7, 11) is 0. The van der Waals surface area contributed by atoms with Crippen LogP contribution in [0.15, 0.2) is 59.1 Å². The number of ether oxygens (including phenoxy) is 2. The molecule has 1 aliphatic rings. The van der Waals surface area contributed by atoms with Crippen LogP contribution >= 0.6 is 0 Å². The van der Waals surface area contributed by atoms with E-state index in [1.807, 2.05) is 49.4 Å². The van der Waals surface area contributed by atoms with Crippen LogP contribution in [-0.2, 0) is 0 Å². The molecule has 8 heteroatoms. The lowest BCUT2D eigenvalue weighted by atomic mass is 10.1. The zero-order valence-electron chi connectivity index (χ0n) is 15.6. The summed E-state index contributed by atoms with van der Waals surface area (Å²) in [6.45, 7) is 3.13. The fourth-order valence-electron chi connectivity index (χ4n) is 2.93. The Kier molecular flexibility index (Phi) is 4.28. The Morgan fingerprint density at radius 3 is 2.48 bits per heavy atom. The molecule has 2 aromatic carbocycles. The van der Waals surface area contributed by atoms with Gasteiger partial charge < -0.3 is 19.3 Å². The second-order valence-corrected chi connectivity index (χ2v) is 6.58. The molecule has 144 valence electrons. The van der Waals surface area contributed by atoms with E-state index in [1.54, 1.807) is 12.1 Å². The lowest BCUT2D eigenvalue weighted by Crippen LogP contribution is -2.15. The van der Waals surface area contributed by atoms with Crippen molar-refractivity contribution in [3.63, 3.8) is 0 Å². The Morgan fingerprint density at radius 1 is 0.862 bits per heavy atom. The molecule has 0 atom stereocenters. The minimum Gasteiger partial charge on any atom is -0.486 e. The molecule has 0 spiro atoms. The highest BCUT2D eigenvalue weighted by Gasteiger charge is 2.14. The van der Waals surface area contributed by atoms with E-state index in [0.717, 1.165) is 17.0 Å². The molecule has 8 nitrogen and oxygen atoms in total. The molecular formula is C21H17N5O3. The number of hydrogen-bond acceptors (Lipinski definition) is 8. The zero-order valence-corrected chi connectivity index (χ0v) is 15.6. The molecule has 3 heterocycles. The van der Waals surface area contributed by atoms with Crippen LogP contribution in [0.25, 0.3) is 23.0 Å². The predicted molar refractivity (Wildman–Crippen MR) is 106 cm³/mol. The van der Waals surface area contributed by atoms with Crippen LogP contribution < -0.4 is 14.8 Å². The van der Waals surface area contributed by atoms with Crippen LogP contribution in [0, 0.1) is 6.92 Å². The molecule has 1 aliphatic heterocycles. The molecule has 4 aromatic rings. The van der Waals surface area contributed by atoms with Crippen molar-refractivity contribution in [3.05, 3.63) is 60.2 Å². The third-order valence-electron chi connectivity index (χ3n) is 4.43. The second kappa shape index (κ2) is 7.23. The molecule has 0 saturated heterocycles. The Bertz CT molecular complexity index is 1140. The predicted octanol–water partition coefficient (Wildman–Crippen LogP) is 4.02. The fraction of sp³-hybridized carbons (Fsp3) is 0.143. The molecule has 0 radical (unpaired) electrons. The molecule has 2 aromatic heterocycles. The van der Waals surface area contributed by atoms with Gasteiger partial charge in [0.05, 0.1) is 0 Å². The van der Waals surface area contributed by atoms with Crippen molar-refractivity contribution in [1.29, 1.82) is 0 Å². The van der Waals surface area contributed by atoms with Gasteiger partial charge in [-0.1, -0.05) is 35.0 Å². The van der Waals surface area contributed by atoms with Crippen LogP contribution in [0.4, 0.5) is 11.5 Å². The molecule has 0 fully saturated rings. The van der Waals surface area contributed by atoms with Crippen LogP contribution in [0.2, 0.25) is 0 Å². The third-order valence-corrected chi connectivity index (χ3v) is 4.43. The molecule has 0 unspecified atom stereocenters. The van der Waals surface area contributed by atoms with E-state index in [9.17, 15) is 0 Å². The SMILES string of the molecule is Cc1ccc(-c2noc(-c3ccc(Nc4ccc5c(c4)OCCO5)nn3)n2)cc1. The summed E-state index contributed by atoms with van der Waals surface area (Å²) in [5, 5.41) is 15.6. The van der Waals surface area contributed by atoms with Gasteiger partial charge in [-0.05, 0) is 31.2 Å². The Labute approximate surface area is 166 Å². The molecule has 5 rings (SSSR count). The quantitative estimate of drug-likeness (QED) is 0.561. The maximum Gasteiger partial charge on any atom is 0.278 e. The van der Waals surface area contributed by atoms with Gasteiger partial charge in [0.1, 0.15) is 13.2 Å². The van der Waals surface area contributed by atoms with E-state index in [0.29, 0.717) is 42.2 Å². The van der Waals surface area contributed by atoms with Gasteiger partial charge in [-0.2, -0.15) is 4.98 Å². The number of nitrogens with zero attached hydrogens (tertiary/aromatic N) is 4. The van der Waals surface area contributed by atoms with Crippen molar-refractivity contribution < 1.29 is 14.0 Å². The smallest absolute Gasteiger partial charge is 0.278 e. The molecule has 29 heavy (non-hydrogen) atoms. The zero-order chi connectivity index (χ0) is 19.6. The minimum atomic E-state index is 0.318. The maximum atomic E-state index is 5.60. The van der Waals surface area contributed by atoms with Crippen molar-refractivity contribution in [3.8, 4) is 34.5 Å². The average molecular weight is 387 g/mol. The summed E-state index contributed by atoms with van der Waals surface area (Å²) >= 11 is 0. The highest BCUT2D eigenvalue weighted by molar-refractivity contribution is 5.63. The van der Waals surface area contributed by atoms with Crippen molar-refractivity contribution in [2.75, 3.05) is 18.5 Å². The first kappa shape index (κ1) is 17.2. The lowest BCUT2D eigenvalue weighted by molar-refractivity contribution is 0.171. The number of aryl methyl sites for hydroxylation is 1. The Morgan fingerprint density at radius 2 is 1.69 bits per heavy atom. The summed E-state index contributed by atoms with van der Waals surface area (Å²) < 4.78 is 16.5. The normalized spacial score (nSPS) is 12.6. The number of fused-ring (bicyclic) bond motifs is 1. The number of rotatable bonds is 4. The molecule has 1 N–H and O–H groups in total. The number of aromatic nitrogens is 4. The number of hydrogen-bond donors (Lipinski definition) is 1. The van der Waals surface area contributed by atoms with E-state index < -0.39 is 0 Å². The fourth-order valence-corrected chi connectivity index (χ4v) is 2.93. The summed E-state index contributed by atoms with van der Waals surface area (Å²) in [6.07, 6.45) is 0. The van der Waals surface area contributed by atoms with Gasteiger partial charge in [0.15, 0.2) is 23.0 Å². The van der Waals surface area contributed by atoms with Crippen molar-refractivity contribution in [1.82, 2.24) is 20.3 Å². The van der Waals surface area contributed by atoms with E-state index >= 15 is 0 Å². The van der Waals surface area contributed by atoms with Gasteiger partial charge in [-0.3, -0.25) is 0 Å². The standard InChI is InChI=1S/C21H17N5O3/c1-13-2-4-14(5-3-13)20-23-21(29-26-20)16-7-9-19(25-24-16)22-15-6-8-17-18(12-15)28-11-10-27-17/h2-9,12H,10-11H2,1H3,(H,22,25). The lowest BCUT2D eigenvalue weighted by Gasteiger charge is -2.19. The van der Waals surface area contributed by atoms with Gasteiger partial charge in [-0.15, -0.1) is 10.2 Å². The van der Waals surface area contributed by atoms with Crippen LogP contribution in [0.5, 0.6) is 11.5 Å². The average Bonchev–Trinajstić information content (AvgIpc) is 3.25. The second-order valence-electron chi connectivity index (χ2n) is 6.58. The number of benzene rings is 2. The first-order valence-electron chi connectivity index (χ1n) is 9.16. The van der Waals surface area contributed by atoms with E-state index in [4.69, 9.17) is 14.0 Å². The monoisotopic (exact) mass is 387 g/mol. The highest BCUT2D eigenvalue weighted by atomic mass is 16.6. The van der Waals surface area contributed by atoms with Gasteiger partial charge in [-0.25, -0.2) is 0 Å². The summed E-state index contributed by atoms with van der Waals surface area (Å²) in [4.78, 5) is 4.41. The van der Waals surface area contributed by atoms with Crippen LogP contribution in [0.3, 0.4) is 0 Å². The highest BCUT2D eigenvalue weighted by Crippen LogP contribution is 2.33. The van der Waals surface area contributed by atoms with Gasteiger partial charge in [0.25, 0.3) is 5.89 Å². The Hall–Kier alpha value is -3.94. The minimum absolute atomic E-state index is 0.318. The molecule has 0 aliphatic carbocycles. The third kappa shape index (κ3) is 3.60. The topological polar surface area (TPSA) is 95.2 Å². The molecular weight excluding hydrogens is 370 g/mol. The Balaban J connectivity index is 1.32. The van der Waals surface area contributed by atoms with Crippen LogP contribution in [-0.4, -0.2) is 33.6 Å². The molecule has 0 saturated carbocycles. The summed E-state index contributed by atoms with van der Waals surface area (Å²) in [5.74, 6) is 2.87. The number of nitrogens with one attached hydrogen (secondary N) is 1. The van der Waals surface area contributed by atoms with E-state index in [2.05, 4.69) is 25.7 Å². The van der Waals surface area contributed by atoms with Gasteiger partial charge in [0, 0.05) is 17.3 Å². The first-order valence-corrected chi connectivity index (χ1v) is 9.16. The van der Waals surface area contributed by atoms with Gasteiger partial charge in [0.2, 0.25) is 5.82 Å². The van der Waals surface area contributed by atoms with E-state index in [-0.39, 0.29) is 0 Å². The maximum absolute atomic E-state index is 5.60. The number of anilines is 2. The largest absolute Gasteiger partial charge is 0.486 e. The van der Waals surface area contributed by atoms with Crippen molar-refractivity contribution in [2.45, 2.75) is 6.92 Å². The summed E-state index contributed by atoms with van der Waals surface area (Å²) in [6, 6.07) is 17.1. The first-order chi connectivity index (χ1) is 14.2.